The molecule has 0 aliphatic rings. The van der Waals surface area contributed by atoms with Crippen molar-refractivity contribution in [2.75, 3.05) is 6.61 Å². The zero-order chi connectivity index (χ0) is 20.5. The summed E-state index contributed by atoms with van der Waals surface area (Å²) < 4.78 is 43.7. The molecule has 0 bridgehead atoms. The van der Waals surface area contributed by atoms with E-state index in [-0.39, 0.29) is 12.0 Å². The van der Waals surface area contributed by atoms with Crippen LogP contribution in [0.2, 0.25) is 0 Å². The number of aryl methyl sites for hydroxylation is 1. The van der Waals surface area contributed by atoms with Crippen molar-refractivity contribution in [1.82, 2.24) is 9.66 Å². The summed E-state index contributed by atoms with van der Waals surface area (Å²) in [6, 6.07) is 4.36. The van der Waals surface area contributed by atoms with Crippen LogP contribution in [-0.4, -0.2) is 28.5 Å². The Morgan fingerprint density at radius 3 is 2.61 bits per heavy atom. The van der Waals surface area contributed by atoms with Crippen molar-refractivity contribution in [3.63, 3.8) is 0 Å². The maximum Gasteiger partial charge on any atom is 0.416 e. The lowest BCUT2D eigenvalue weighted by atomic mass is 10.1. The maximum atomic E-state index is 12.7. The van der Waals surface area contributed by atoms with E-state index in [9.17, 15) is 22.8 Å². The summed E-state index contributed by atoms with van der Waals surface area (Å²) in [7, 11) is 0. The van der Waals surface area contributed by atoms with Gasteiger partial charge in [0.2, 0.25) is 0 Å². The lowest BCUT2D eigenvalue weighted by Crippen LogP contribution is -2.17. The zero-order valence-electron chi connectivity index (χ0n) is 14.8. The number of carbonyl (C=O) groups is 1. The number of fused-ring (bicyclic) bond motifs is 1. The number of thiophene rings is 1. The first-order valence-electron chi connectivity index (χ1n) is 8.12. The molecule has 3 rings (SSSR count). The van der Waals surface area contributed by atoms with Crippen molar-refractivity contribution < 1.29 is 22.7 Å². The van der Waals surface area contributed by atoms with Gasteiger partial charge in [0.05, 0.1) is 23.8 Å². The number of aromatic nitrogens is 2. The van der Waals surface area contributed by atoms with E-state index in [2.05, 4.69) is 10.1 Å². The van der Waals surface area contributed by atoms with E-state index < -0.39 is 23.3 Å². The number of ether oxygens (including phenoxy) is 1. The highest BCUT2D eigenvalue weighted by Crippen LogP contribution is 2.29. The van der Waals surface area contributed by atoms with Gasteiger partial charge >= 0.3 is 12.1 Å². The Balaban J connectivity index is 1.95. The molecule has 1 aromatic carbocycles. The van der Waals surface area contributed by atoms with Gasteiger partial charge in [-0.25, -0.2) is 9.78 Å². The molecule has 0 fully saturated rings. The zero-order valence-corrected chi connectivity index (χ0v) is 15.6. The fraction of sp³-hybridized carbons (Fsp3) is 0.222. The standard InChI is InChI=1S/C18H14F3N3O3S/c1-3-27-17(26)14-10(2)13-15(28-14)22-9-24(16(13)25)23-8-11-4-6-12(7-5-11)18(19,20)21/h4-9H,3H2,1-2H3. The quantitative estimate of drug-likeness (QED) is 0.485. The molecule has 0 aliphatic heterocycles. The van der Waals surface area contributed by atoms with Crippen LogP contribution in [0.25, 0.3) is 10.2 Å². The second-order valence-electron chi connectivity index (χ2n) is 5.72. The molecule has 0 saturated carbocycles. The minimum Gasteiger partial charge on any atom is -0.462 e. The third-order valence-corrected chi connectivity index (χ3v) is 5.04. The maximum absolute atomic E-state index is 12.7. The number of nitrogens with zero attached hydrogens (tertiary/aromatic N) is 3. The summed E-state index contributed by atoms with van der Waals surface area (Å²) in [6.45, 7) is 3.52. The molecule has 0 spiro atoms. The van der Waals surface area contributed by atoms with E-state index in [0.717, 1.165) is 28.1 Å². The fourth-order valence-corrected chi connectivity index (χ4v) is 3.51. The first kappa shape index (κ1) is 19.7. The van der Waals surface area contributed by atoms with Gasteiger partial charge in [-0.1, -0.05) is 12.1 Å². The van der Waals surface area contributed by atoms with Crippen LogP contribution in [0, 0.1) is 6.92 Å². The van der Waals surface area contributed by atoms with Crippen LogP contribution in [0.15, 0.2) is 40.5 Å². The van der Waals surface area contributed by atoms with Gasteiger partial charge in [-0.15, -0.1) is 11.3 Å². The fourth-order valence-electron chi connectivity index (χ4n) is 2.48. The molecule has 28 heavy (non-hydrogen) atoms. The van der Waals surface area contributed by atoms with Crippen molar-refractivity contribution in [3.8, 4) is 0 Å². The molecule has 0 N–H and O–H groups in total. The Morgan fingerprint density at radius 2 is 2.00 bits per heavy atom. The lowest BCUT2D eigenvalue weighted by Gasteiger charge is -2.05. The molecule has 0 aliphatic carbocycles. The van der Waals surface area contributed by atoms with Crippen LogP contribution < -0.4 is 5.56 Å². The summed E-state index contributed by atoms with van der Waals surface area (Å²) in [5, 5.41) is 4.22. The highest BCUT2D eigenvalue weighted by Gasteiger charge is 2.29. The number of carbonyl (C=O) groups excluding carboxylic acids is 1. The van der Waals surface area contributed by atoms with Gasteiger partial charge in [0, 0.05) is 0 Å². The lowest BCUT2D eigenvalue weighted by molar-refractivity contribution is -0.137. The summed E-state index contributed by atoms with van der Waals surface area (Å²) in [5.41, 5.74) is -0.424. The number of rotatable bonds is 4. The van der Waals surface area contributed by atoms with E-state index in [1.807, 2.05) is 0 Å². The summed E-state index contributed by atoms with van der Waals surface area (Å²) in [4.78, 5) is 29.5. The average Bonchev–Trinajstić information content (AvgIpc) is 2.98. The van der Waals surface area contributed by atoms with Gasteiger partial charge in [-0.3, -0.25) is 4.79 Å². The Morgan fingerprint density at radius 1 is 1.32 bits per heavy atom. The Hall–Kier alpha value is -3.01. The molecule has 0 radical (unpaired) electrons. The number of esters is 1. The minimum absolute atomic E-state index is 0.210. The SMILES string of the molecule is CCOC(=O)c1sc2ncn(N=Cc3ccc(C(F)(F)F)cc3)c(=O)c2c1C. The van der Waals surface area contributed by atoms with Crippen LogP contribution >= 0.6 is 11.3 Å². The molecule has 0 amide bonds. The van der Waals surface area contributed by atoms with Crippen molar-refractivity contribution in [1.29, 1.82) is 0 Å². The normalized spacial score (nSPS) is 12.0. The predicted octanol–water partition coefficient (Wildman–Crippen LogP) is 3.84. The van der Waals surface area contributed by atoms with Crippen molar-refractivity contribution in [2.45, 2.75) is 20.0 Å². The molecule has 10 heteroatoms. The van der Waals surface area contributed by atoms with Gasteiger partial charge in [-0.2, -0.15) is 22.9 Å². The van der Waals surface area contributed by atoms with Crippen LogP contribution in [-0.2, 0) is 10.9 Å². The minimum atomic E-state index is -4.42. The molecule has 0 unspecified atom stereocenters. The molecular weight excluding hydrogens is 395 g/mol. The molecule has 0 saturated heterocycles. The Kier molecular flexibility index (Phi) is 5.32. The highest BCUT2D eigenvalue weighted by atomic mass is 32.1. The number of alkyl halides is 3. The van der Waals surface area contributed by atoms with E-state index >= 15 is 0 Å². The summed E-state index contributed by atoms with van der Waals surface area (Å²) in [6.07, 6.45) is -1.98. The van der Waals surface area contributed by atoms with E-state index in [1.165, 1.54) is 24.7 Å². The molecule has 6 nitrogen and oxygen atoms in total. The largest absolute Gasteiger partial charge is 0.462 e. The number of hydrogen-bond acceptors (Lipinski definition) is 6. The second kappa shape index (κ2) is 7.55. The van der Waals surface area contributed by atoms with Crippen LogP contribution in [0.1, 0.15) is 33.3 Å². The molecular formula is C18H14F3N3O3S. The first-order valence-corrected chi connectivity index (χ1v) is 8.93. The molecule has 3 aromatic rings. The third kappa shape index (κ3) is 3.81. The molecule has 146 valence electrons. The highest BCUT2D eigenvalue weighted by molar-refractivity contribution is 7.20. The number of hydrogen-bond donors (Lipinski definition) is 0. The van der Waals surface area contributed by atoms with Crippen molar-refractivity contribution in [2.24, 2.45) is 5.10 Å². The van der Waals surface area contributed by atoms with E-state index in [4.69, 9.17) is 4.74 Å². The Bertz CT molecular complexity index is 1120. The van der Waals surface area contributed by atoms with E-state index in [1.54, 1.807) is 13.8 Å². The van der Waals surface area contributed by atoms with Gasteiger partial charge in [0.15, 0.2) is 0 Å². The average molecular weight is 409 g/mol. The summed E-state index contributed by atoms with van der Waals surface area (Å²) in [5.74, 6) is -0.526. The van der Waals surface area contributed by atoms with Crippen molar-refractivity contribution >= 4 is 33.7 Å². The third-order valence-electron chi connectivity index (χ3n) is 3.86. The van der Waals surface area contributed by atoms with Gasteiger partial charge in [-0.05, 0) is 37.1 Å². The predicted molar refractivity (Wildman–Crippen MR) is 99.0 cm³/mol. The topological polar surface area (TPSA) is 73.5 Å². The summed E-state index contributed by atoms with van der Waals surface area (Å²) >= 11 is 1.06. The van der Waals surface area contributed by atoms with Crippen LogP contribution in [0.5, 0.6) is 0 Å². The molecule has 2 heterocycles. The second-order valence-corrected chi connectivity index (χ2v) is 6.71. The monoisotopic (exact) mass is 409 g/mol. The Labute approximate surface area is 160 Å². The van der Waals surface area contributed by atoms with Gasteiger partial charge in [0.25, 0.3) is 5.56 Å². The van der Waals surface area contributed by atoms with Crippen LogP contribution in [0.4, 0.5) is 13.2 Å². The van der Waals surface area contributed by atoms with Crippen molar-refractivity contribution in [3.05, 3.63) is 62.5 Å². The van der Waals surface area contributed by atoms with Gasteiger partial charge < -0.3 is 4.74 Å². The van der Waals surface area contributed by atoms with Gasteiger partial charge in [0.1, 0.15) is 16.0 Å². The molecule has 2 aromatic heterocycles. The number of benzene rings is 1. The first-order chi connectivity index (χ1) is 13.2. The smallest absolute Gasteiger partial charge is 0.416 e. The van der Waals surface area contributed by atoms with E-state index in [0.29, 0.717) is 20.8 Å². The van der Waals surface area contributed by atoms with Crippen LogP contribution in [0.3, 0.4) is 0 Å². The number of halogens is 3. The molecule has 0 atom stereocenters.